The maximum Gasteiger partial charge on any atom is 0.317 e. The number of nitrogens with zero attached hydrogens (tertiary/aromatic N) is 2. The largest absolute Gasteiger partial charge is 0.617 e. The van der Waals surface area contributed by atoms with E-state index in [1.807, 2.05) is 0 Å². The Morgan fingerprint density at radius 3 is 0.604 bits per heavy atom. The smallest absolute Gasteiger partial charge is 0.317 e. The van der Waals surface area contributed by atoms with Crippen LogP contribution in [0.3, 0.4) is 0 Å². The summed E-state index contributed by atoms with van der Waals surface area (Å²) in [5, 5.41) is 64.1. The topological polar surface area (TPSA) is 421 Å². The normalized spacial score (nSPS) is 8.12. The Morgan fingerprint density at radius 2 is 0.542 bits per heavy atom. The first-order chi connectivity index (χ1) is 20.6. The van der Waals surface area contributed by atoms with Crippen molar-refractivity contribution in [2.24, 2.45) is 0 Å². The molecule has 0 saturated carbocycles. The standard InChI is InChI=1S/C10H16N2O8.4C2H4O2.2C2H6OS.C2H4.2H3N/c13-7(14)3-11(4-8(15)16)1-2-12(5-9(17)18)6-10(19)20;4*1-2(3)4;2*1-4(2)3;1-2;;/h1-6H2,(H,13,14)(H,15,16)(H,17,18)(H,19,20);4*1H3,(H,3,4);2*1-2H3;1-2H2;2*1H3. The lowest BCUT2D eigenvalue weighted by atomic mass is 10.4. The molecule has 14 N–H and O–H groups in total. The first-order valence-electron chi connectivity index (χ1n) is 11.7. The predicted molar refractivity (Wildman–Crippen MR) is 178 cm³/mol. The molecular formula is C24H54N4O18S2. The summed E-state index contributed by atoms with van der Waals surface area (Å²) in [7, 11) is 0. The molecule has 24 heteroatoms. The Labute approximate surface area is 285 Å². The van der Waals surface area contributed by atoms with Crippen molar-refractivity contribution in [2.45, 2.75) is 27.7 Å². The molecule has 48 heavy (non-hydrogen) atoms. The summed E-state index contributed by atoms with van der Waals surface area (Å²) < 4.78 is 19.1. The highest BCUT2D eigenvalue weighted by Gasteiger charge is 2.18. The Bertz CT molecular complexity index is 706. The molecule has 0 radical (unpaired) electrons. The fraction of sp³-hybridized carbons (Fsp3) is 0.583. The van der Waals surface area contributed by atoms with Gasteiger partial charge in [0.2, 0.25) is 0 Å². The SMILES string of the molecule is C=C.CC(=O)O.CC(=O)O.CC(=O)O.CC(=O)O.C[S+](C)[O-].C[S+](C)[O-].N.N.O=C(O)CN(CCN(CC(=O)O)CC(=O)O)CC(=O)O. The number of aliphatic carboxylic acids is 8. The van der Waals surface area contributed by atoms with E-state index in [1.54, 1.807) is 25.0 Å². The third-order valence-corrected chi connectivity index (χ3v) is 2.17. The van der Waals surface area contributed by atoms with Crippen LogP contribution in [0.15, 0.2) is 13.2 Å². The Kier molecular flexibility index (Phi) is 76.9. The van der Waals surface area contributed by atoms with Gasteiger partial charge >= 0.3 is 23.9 Å². The van der Waals surface area contributed by atoms with E-state index in [9.17, 15) is 28.3 Å². The number of hydrogen-bond donors (Lipinski definition) is 10. The molecule has 0 aromatic rings. The van der Waals surface area contributed by atoms with Crippen LogP contribution in [0, 0.1) is 0 Å². The second-order valence-corrected chi connectivity index (χ2v) is 10.5. The van der Waals surface area contributed by atoms with Gasteiger partial charge in [-0.25, -0.2) is 0 Å². The molecule has 290 valence electrons. The second-order valence-electron chi connectivity index (χ2n) is 7.56. The third kappa shape index (κ3) is 245. The van der Waals surface area contributed by atoms with Crippen molar-refractivity contribution in [2.75, 3.05) is 64.3 Å². The van der Waals surface area contributed by atoms with Gasteiger partial charge in [0.05, 0.1) is 51.2 Å². The average molecular weight is 751 g/mol. The van der Waals surface area contributed by atoms with Gasteiger partial charge in [0, 0.05) is 40.8 Å². The molecule has 22 nitrogen and oxygen atoms in total. The third-order valence-electron chi connectivity index (χ3n) is 2.17. The lowest BCUT2D eigenvalue weighted by Crippen LogP contribution is -2.43. The zero-order valence-electron chi connectivity index (χ0n) is 28.4. The van der Waals surface area contributed by atoms with Crippen LogP contribution in [0.25, 0.3) is 0 Å². The lowest BCUT2D eigenvalue weighted by Gasteiger charge is -2.23. The van der Waals surface area contributed by atoms with E-state index in [0.29, 0.717) is 0 Å². The van der Waals surface area contributed by atoms with Gasteiger partial charge in [0.15, 0.2) is 0 Å². The van der Waals surface area contributed by atoms with Gasteiger partial charge in [-0.3, -0.25) is 48.2 Å². The van der Waals surface area contributed by atoms with Gasteiger partial charge in [-0.15, -0.1) is 13.2 Å². The van der Waals surface area contributed by atoms with Crippen molar-refractivity contribution in [3.63, 3.8) is 0 Å². The highest BCUT2D eigenvalue weighted by Crippen LogP contribution is 1.94. The molecule has 0 aromatic heterocycles. The minimum atomic E-state index is -1.23. The molecule has 0 aromatic carbocycles. The zero-order valence-corrected chi connectivity index (χ0v) is 30.1. The number of carboxylic acids is 8. The number of carboxylic acid groups (broad SMARTS) is 8. The van der Waals surface area contributed by atoms with Gasteiger partial charge in [0.25, 0.3) is 23.9 Å². The van der Waals surface area contributed by atoms with Crippen LogP contribution in [0.4, 0.5) is 0 Å². The van der Waals surface area contributed by atoms with Gasteiger partial charge in [-0.05, 0) is 0 Å². The van der Waals surface area contributed by atoms with Crippen molar-refractivity contribution in [1.82, 2.24) is 22.1 Å². The minimum Gasteiger partial charge on any atom is -0.617 e. The maximum atomic E-state index is 10.6. The van der Waals surface area contributed by atoms with Crippen LogP contribution in [0.1, 0.15) is 27.7 Å². The molecule has 0 aliphatic rings. The summed E-state index contributed by atoms with van der Waals surface area (Å²) in [5.41, 5.74) is 0. The summed E-state index contributed by atoms with van der Waals surface area (Å²) in [5.74, 6) is -8.24. The average Bonchev–Trinajstić information content (AvgIpc) is 2.75. The van der Waals surface area contributed by atoms with Crippen LogP contribution in [0.5, 0.6) is 0 Å². The van der Waals surface area contributed by atoms with Crippen LogP contribution < -0.4 is 12.3 Å². The molecule has 0 bridgehead atoms. The summed E-state index contributed by atoms with van der Waals surface area (Å²) in [4.78, 5) is 80.4. The van der Waals surface area contributed by atoms with E-state index in [0.717, 1.165) is 37.5 Å². The minimum absolute atomic E-state index is 0. The van der Waals surface area contributed by atoms with E-state index >= 15 is 0 Å². The lowest BCUT2D eigenvalue weighted by molar-refractivity contribution is -0.145. The molecule has 0 heterocycles. The van der Waals surface area contributed by atoms with E-state index in [1.165, 1.54) is 0 Å². The van der Waals surface area contributed by atoms with E-state index in [-0.39, 0.29) is 25.4 Å². The van der Waals surface area contributed by atoms with Crippen LogP contribution in [-0.4, -0.2) is 172 Å². The van der Waals surface area contributed by atoms with Gasteiger partial charge in [-0.2, -0.15) is 0 Å². The number of hydrogen-bond acceptors (Lipinski definition) is 14. The molecule has 0 amide bonds. The predicted octanol–water partition coefficient (Wildman–Crippen LogP) is -0.592. The summed E-state index contributed by atoms with van der Waals surface area (Å²) >= 11 is -1.22. The quantitative estimate of drug-likeness (QED) is 0.0931. The van der Waals surface area contributed by atoms with E-state index in [4.69, 9.17) is 60.0 Å². The molecule has 0 saturated heterocycles. The summed E-state index contributed by atoms with van der Waals surface area (Å²) in [6, 6.07) is 0. The summed E-state index contributed by atoms with van der Waals surface area (Å²) in [6.45, 7) is 8.08. The van der Waals surface area contributed by atoms with E-state index in [2.05, 4.69) is 13.2 Å². The monoisotopic (exact) mass is 750 g/mol. The molecule has 0 spiro atoms. The highest BCUT2D eigenvalue weighted by atomic mass is 32.2. The number of carbonyl (C=O) groups is 8. The van der Waals surface area contributed by atoms with Crippen LogP contribution in [-0.2, 0) is 60.7 Å². The van der Waals surface area contributed by atoms with Crippen molar-refractivity contribution in [3.8, 4) is 0 Å². The Morgan fingerprint density at radius 1 is 0.458 bits per heavy atom. The summed E-state index contributed by atoms with van der Waals surface area (Å²) in [6.07, 6.45) is 6.56. The molecule has 0 rings (SSSR count). The van der Waals surface area contributed by atoms with Crippen molar-refractivity contribution >= 4 is 70.1 Å². The van der Waals surface area contributed by atoms with Crippen LogP contribution >= 0.6 is 0 Å². The molecule has 0 aliphatic carbocycles. The fourth-order valence-electron chi connectivity index (χ4n) is 1.48. The number of rotatable bonds is 11. The van der Waals surface area contributed by atoms with Crippen molar-refractivity contribution < 1.29 is 88.3 Å². The molecule has 0 fully saturated rings. The van der Waals surface area contributed by atoms with Gasteiger partial charge < -0.3 is 62.3 Å². The van der Waals surface area contributed by atoms with Crippen molar-refractivity contribution in [3.05, 3.63) is 13.2 Å². The Balaban J connectivity index is -0.0000000527. The molecule has 0 unspecified atom stereocenters. The Hall–Kier alpha value is -4.04. The van der Waals surface area contributed by atoms with Crippen molar-refractivity contribution in [1.29, 1.82) is 0 Å². The maximum absolute atomic E-state index is 10.6. The van der Waals surface area contributed by atoms with E-state index < -0.39 is 96.3 Å². The molecule has 0 aliphatic heterocycles. The van der Waals surface area contributed by atoms with Gasteiger partial charge in [0.1, 0.15) is 0 Å². The second kappa shape index (κ2) is 52.5. The highest BCUT2D eigenvalue weighted by molar-refractivity contribution is 7.90. The van der Waals surface area contributed by atoms with Crippen LogP contribution in [0.2, 0.25) is 0 Å². The first kappa shape index (κ1) is 70.3. The first-order valence-corrected chi connectivity index (χ1v) is 15.6. The zero-order chi connectivity index (χ0) is 39.2. The fourth-order valence-corrected chi connectivity index (χ4v) is 1.48. The molecule has 0 atom stereocenters. The van der Waals surface area contributed by atoms with Gasteiger partial charge in [-0.1, -0.05) is 22.4 Å². The molecular weight excluding hydrogens is 696 g/mol.